The van der Waals surface area contributed by atoms with Crippen molar-refractivity contribution in [2.45, 2.75) is 31.3 Å². The van der Waals surface area contributed by atoms with Crippen molar-refractivity contribution < 1.29 is 17.9 Å². The molecule has 1 aromatic carbocycles. The summed E-state index contributed by atoms with van der Waals surface area (Å²) in [4.78, 5) is 18.4. The molecule has 1 unspecified atom stereocenters. The largest absolute Gasteiger partial charge is 0.461 e. The summed E-state index contributed by atoms with van der Waals surface area (Å²) in [6, 6.07) is 6.96. The van der Waals surface area contributed by atoms with Crippen LogP contribution >= 0.6 is 11.3 Å². The third-order valence-electron chi connectivity index (χ3n) is 3.87. The Hall–Kier alpha value is -1.77. The maximum Gasteiger partial charge on any atom is 0.367 e. The van der Waals surface area contributed by atoms with Gasteiger partial charge in [0.05, 0.1) is 17.2 Å². The van der Waals surface area contributed by atoms with E-state index in [1.54, 1.807) is 19.1 Å². The molecule has 0 aliphatic heterocycles. The monoisotopic (exact) mass is 382 g/mol. The topological polar surface area (TPSA) is 76.6 Å². The van der Waals surface area contributed by atoms with Gasteiger partial charge < -0.3 is 4.74 Å². The molecular formula is C17H22N2O4S2. The minimum absolute atomic E-state index is 0.0707. The number of nitrogens with zero attached hydrogens (tertiary/aromatic N) is 2. The maximum absolute atomic E-state index is 11.7. The highest BCUT2D eigenvalue weighted by atomic mass is 32.2. The second-order valence-electron chi connectivity index (χ2n) is 5.80. The quantitative estimate of drug-likeness (QED) is 0.685. The van der Waals surface area contributed by atoms with Gasteiger partial charge in [0, 0.05) is 24.2 Å². The molecule has 0 radical (unpaired) electrons. The standard InChI is InChI=1S/C17H22N2O4S2/c1-5-23-17(20)16-18-14(11-24-16)10-19(3)12(2)13-6-8-15(9-7-13)25(4,21)22/h6-9,11-12H,5,10H2,1-4H3. The molecule has 0 fully saturated rings. The van der Waals surface area contributed by atoms with Crippen LogP contribution in [0.2, 0.25) is 0 Å². The molecule has 0 aliphatic rings. The molecule has 1 aromatic heterocycles. The van der Waals surface area contributed by atoms with Crippen LogP contribution in [0.1, 0.15) is 40.9 Å². The van der Waals surface area contributed by atoms with Gasteiger partial charge in [-0.15, -0.1) is 11.3 Å². The van der Waals surface area contributed by atoms with E-state index < -0.39 is 15.8 Å². The molecule has 6 nitrogen and oxygen atoms in total. The number of thiazole rings is 1. The zero-order valence-corrected chi connectivity index (χ0v) is 16.4. The Bertz CT molecular complexity index is 829. The molecular weight excluding hydrogens is 360 g/mol. The van der Waals surface area contributed by atoms with Crippen LogP contribution < -0.4 is 0 Å². The Morgan fingerprint density at radius 1 is 1.32 bits per heavy atom. The number of hydrogen-bond acceptors (Lipinski definition) is 7. The van der Waals surface area contributed by atoms with Crippen LogP contribution in [0, 0.1) is 0 Å². The Balaban J connectivity index is 2.05. The van der Waals surface area contributed by atoms with Gasteiger partial charge in [0.2, 0.25) is 5.01 Å². The van der Waals surface area contributed by atoms with Crippen LogP contribution in [0.25, 0.3) is 0 Å². The van der Waals surface area contributed by atoms with Crippen LogP contribution in [-0.4, -0.2) is 44.2 Å². The van der Waals surface area contributed by atoms with E-state index in [-0.39, 0.29) is 6.04 Å². The molecule has 25 heavy (non-hydrogen) atoms. The number of ether oxygens (including phenoxy) is 1. The van der Waals surface area contributed by atoms with Crippen molar-refractivity contribution in [3.05, 3.63) is 45.9 Å². The number of rotatable bonds is 7. The van der Waals surface area contributed by atoms with Crippen molar-refractivity contribution in [2.75, 3.05) is 19.9 Å². The first-order chi connectivity index (χ1) is 11.7. The summed E-state index contributed by atoms with van der Waals surface area (Å²) in [5, 5.41) is 2.21. The summed E-state index contributed by atoms with van der Waals surface area (Å²) in [7, 11) is -1.23. The molecule has 8 heteroatoms. The Kier molecular flexibility index (Phi) is 6.31. The fourth-order valence-corrected chi connectivity index (χ4v) is 3.64. The van der Waals surface area contributed by atoms with Crippen molar-refractivity contribution in [3.8, 4) is 0 Å². The first kappa shape index (κ1) is 19.6. The van der Waals surface area contributed by atoms with Gasteiger partial charge in [-0.1, -0.05) is 12.1 Å². The molecule has 2 aromatic rings. The van der Waals surface area contributed by atoms with Crippen LogP contribution in [0.3, 0.4) is 0 Å². The van der Waals surface area contributed by atoms with Gasteiger partial charge >= 0.3 is 5.97 Å². The Labute approximate surface area is 152 Å². The second kappa shape index (κ2) is 8.07. The van der Waals surface area contributed by atoms with Crippen LogP contribution in [-0.2, 0) is 21.1 Å². The third-order valence-corrected chi connectivity index (χ3v) is 5.86. The maximum atomic E-state index is 11.7. The Morgan fingerprint density at radius 3 is 2.52 bits per heavy atom. The summed E-state index contributed by atoms with van der Waals surface area (Å²) < 4.78 is 28.0. The molecule has 0 bridgehead atoms. The van der Waals surface area contributed by atoms with Crippen molar-refractivity contribution in [1.82, 2.24) is 9.88 Å². The molecule has 0 spiro atoms. The second-order valence-corrected chi connectivity index (χ2v) is 8.67. The van der Waals surface area contributed by atoms with Crippen molar-refractivity contribution >= 4 is 27.1 Å². The normalized spacial score (nSPS) is 13.0. The van der Waals surface area contributed by atoms with Gasteiger partial charge in [0.1, 0.15) is 0 Å². The van der Waals surface area contributed by atoms with Gasteiger partial charge in [-0.2, -0.15) is 0 Å². The van der Waals surface area contributed by atoms with Crippen LogP contribution in [0.4, 0.5) is 0 Å². The number of carbonyl (C=O) groups is 1. The minimum atomic E-state index is -3.19. The van der Waals surface area contributed by atoms with Gasteiger partial charge in [0.15, 0.2) is 9.84 Å². The number of esters is 1. The molecule has 2 rings (SSSR count). The third kappa shape index (κ3) is 5.10. The fraction of sp³-hybridized carbons (Fsp3) is 0.412. The summed E-state index contributed by atoms with van der Waals surface area (Å²) in [5.41, 5.74) is 1.81. The van der Waals surface area contributed by atoms with E-state index in [2.05, 4.69) is 9.88 Å². The van der Waals surface area contributed by atoms with Crippen LogP contribution in [0.5, 0.6) is 0 Å². The number of benzene rings is 1. The minimum Gasteiger partial charge on any atom is -0.461 e. The van der Waals surface area contributed by atoms with Crippen molar-refractivity contribution in [1.29, 1.82) is 0 Å². The van der Waals surface area contributed by atoms with E-state index in [1.165, 1.54) is 17.6 Å². The molecule has 136 valence electrons. The highest BCUT2D eigenvalue weighted by Gasteiger charge is 2.17. The van der Waals surface area contributed by atoms with Crippen molar-refractivity contribution in [3.63, 3.8) is 0 Å². The lowest BCUT2D eigenvalue weighted by atomic mass is 10.1. The number of hydrogen-bond donors (Lipinski definition) is 0. The predicted molar refractivity (Wildman–Crippen MR) is 97.5 cm³/mol. The van der Waals surface area contributed by atoms with E-state index in [9.17, 15) is 13.2 Å². The average molecular weight is 383 g/mol. The SMILES string of the molecule is CCOC(=O)c1nc(CN(C)C(C)c2ccc(S(C)(=O)=O)cc2)cs1. The lowest BCUT2D eigenvalue weighted by molar-refractivity contribution is 0.0525. The van der Waals surface area contributed by atoms with E-state index >= 15 is 0 Å². The van der Waals surface area contributed by atoms with E-state index in [0.29, 0.717) is 23.1 Å². The van der Waals surface area contributed by atoms with E-state index in [4.69, 9.17) is 4.74 Å². The molecule has 0 N–H and O–H groups in total. The number of carbonyl (C=O) groups excluding carboxylic acids is 1. The van der Waals surface area contributed by atoms with Gasteiger partial charge in [0.25, 0.3) is 0 Å². The number of sulfone groups is 1. The van der Waals surface area contributed by atoms with Gasteiger partial charge in [-0.3, -0.25) is 4.90 Å². The highest BCUT2D eigenvalue weighted by Crippen LogP contribution is 2.23. The summed E-state index contributed by atoms with van der Waals surface area (Å²) in [6.45, 7) is 4.70. The van der Waals surface area contributed by atoms with Crippen LogP contribution in [0.15, 0.2) is 34.5 Å². The first-order valence-corrected chi connectivity index (χ1v) is 10.6. The molecule has 0 amide bonds. The lowest BCUT2D eigenvalue weighted by Gasteiger charge is -2.24. The Morgan fingerprint density at radius 2 is 1.96 bits per heavy atom. The molecule has 1 heterocycles. The number of aromatic nitrogens is 1. The fourth-order valence-electron chi connectivity index (χ4n) is 2.31. The van der Waals surface area contributed by atoms with E-state index in [1.807, 2.05) is 31.5 Å². The van der Waals surface area contributed by atoms with Gasteiger partial charge in [-0.25, -0.2) is 18.2 Å². The first-order valence-electron chi connectivity index (χ1n) is 7.84. The molecule has 0 aliphatic carbocycles. The summed E-state index contributed by atoms with van der Waals surface area (Å²) in [6.07, 6.45) is 1.20. The molecule has 0 saturated carbocycles. The smallest absolute Gasteiger partial charge is 0.367 e. The zero-order chi connectivity index (χ0) is 18.6. The van der Waals surface area contributed by atoms with E-state index in [0.717, 1.165) is 11.3 Å². The molecule has 1 atom stereocenters. The van der Waals surface area contributed by atoms with Gasteiger partial charge in [-0.05, 0) is 38.6 Å². The van der Waals surface area contributed by atoms with Crippen molar-refractivity contribution in [2.24, 2.45) is 0 Å². The summed E-state index contributed by atoms with van der Waals surface area (Å²) >= 11 is 1.27. The lowest BCUT2D eigenvalue weighted by Crippen LogP contribution is -2.22. The zero-order valence-electron chi connectivity index (χ0n) is 14.7. The molecule has 0 saturated heterocycles. The average Bonchev–Trinajstić information content (AvgIpc) is 3.02. The highest BCUT2D eigenvalue weighted by molar-refractivity contribution is 7.90. The predicted octanol–water partition coefficient (Wildman–Crippen LogP) is 2.92. The summed E-state index contributed by atoms with van der Waals surface area (Å²) in [5.74, 6) is -0.397.